The van der Waals surface area contributed by atoms with Crippen molar-refractivity contribution in [1.82, 2.24) is 0 Å². The van der Waals surface area contributed by atoms with Gasteiger partial charge in [-0.3, -0.25) is 4.79 Å². The molecule has 0 fully saturated rings. The van der Waals surface area contributed by atoms with Gasteiger partial charge in [0.05, 0.1) is 17.0 Å². The maximum absolute atomic E-state index is 13.4. The van der Waals surface area contributed by atoms with Crippen molar-refractivity contribution in [3.8, 4) is 11.3 Å². The van der Waals surface area contributed by atoms with Crippen LogP contribution in [0.2, 0.25) is 0 Å². The van der Waals surface area contributed by atoms with Crippen LogP contribution in [-0.4, -0.2) is 5.78 Å². The van der Waals surface area contributed by atoms with Crippen molar-refractivity contribution < 1.29 is 19.1 Å². The molecule has 4 heteroatoms. The highest BCUT2D eigenvalue weighted by Gasteiger charge is 2.34. The van der Waals surface area contributed by atoms with Crippen LogP contribution in [0.5, 0.6) is 0 Å². The second-order valence-electron chi connectivity index (χ2n) is 13.5. The molecule has 4 rings (SSSR count). The van der Waals surface area contributed by atoms with E-state index in [0.717, 1.165) is 34.0 Å². The quantitative estimate of drug-likeness (QED) is 0.299. The fourth-order valence-corrected chi connectivity index (χ4v) is 4.37. The van der Waals surface area contributed by atoms with Crippen molar-refractivity contribution in [3.05, 3.63) is 106 Å². The molecule has 0 atom stereocenters. The van der Waals surface area contributed by atoms with Gasteiger partial charge in [0.15, 0.2) is 5.78 Å². The minimum absolute atomic E-state index is 0.196. The van der Waals surface area contributed by atoms with Gasteiger partial charge in [-0.25, -0.2) is 4.42 Å². The summed E-state index contributed by atoms with van der Waals surface area (Å²) in [5.74, 6) is 2.64. The molecule has 39 heavy (non-hydrogen) atoms. The Hall–Kier alpha value is -3.66. The van der Waals surface area contributed by atoms with E-state index >= 15 is 0 Å². The lowest BCUT2D eigenvalue weighted by atomic mass is 9.79. The van der Waals surface area contributed by atoms with Crippen LogP contribution in [0.25, 0.3) is 17.4 Å². The number of ketones is 1. The van der Waals surface area contributed by atoms with Crippen LogP contribution in [0, 0.1) is 10.8 Å². The Morgan fingerprint density at radius 3 is 1.90 bits per heavy atom. The number of carbonyl (C=O) groups is 1. The van der Waals surface area contributed by atoms with Crippen molar-refractivity contribution in [1.29, 1.82) is 0 Å². The highest BCUT2D eigenvalue weighted by Crippen LogP contribution is 2.42. The maximum atomic E-state index is 13.4. The molecule has 0 bridgehead atoms. The van der Waals surface area contributed by atoms with Gasteiger partial charge in [0.1, 0.15) is 11.5 Å². The highest BCUT2D eigenvalue weighted by atomic mass is 16.5. The first-order chi connectivity index (χ1) is 18.0. The van der Waals surface area contributed by atoms with Crippen molar-refractivity contribution in [2.75, 3.05) is 0 Å². The highest BCUT2D eigenvalue weighted by molar-refractivity contribution is 6.24. The zero-order valence-electron chi connectivity index (χ0n) is 24.9. The van der Waals surface area contributed by atoms with E-state index < -0.39 is 0 Å². The minimum atomic E-state index is -0.249. The van der Waals surface area contributed by atoms with E-state index in [1.807, 2.05) is 61.5 Å². The third-order valence-corrected chi connectivity index (χ3v) is 6.95. The topological polar surface area (TPSA) is 60.7 Å². The largest absolute Gasteiger partial charge is 0.871 e. The Labute approximate surface area is 233 Å². The van der Waals surface area contributed by atoms with Gasteiger partial charge in [-0.05, 0) is 74.8 Å². The second kappa shape index (κ2) is 9.82. The van der Waals surface area contributed by atoms with Crippen LogP contribution in [0.3, 0.4) is 0 Å². The fraction of sp³-hybridized carbons (Fsp3) is 0.371. The molecule has 1 aromatic carbocycles. The van der Waals surface area contributed by atoms with Gasteiger partial charge in [-0.1, -0.05) is 65.5 Å². The van der Waals surface area contributed by atoms with Crippen LogP contribution in [0.15, 0.2) is 98.6 Å². The Morgan fingerprint density at radius 1 is 0.846 bits per heavy atom. The molecular formula is C35H40O4. The molecule has 0 unspecified atom stereocenters. The van der Waals surface area contributed by atoms with E-state index in [1.165, 1.54) is 0 Å². The monoisotopic (exact) mass is 524 g/mol. The Kier molecular flexibility index (Phi) is 7.14. The number of Topliss-reactive ketones (excluding diaryl/α,β-unsaturated/α-hetero) is 1. The third kappa shape index (κ3) is 5.85. The zero-order valence-corrected chi connectivity index (χ0v) is 24.9. The van der Waals surface area contributed by atoms with Crippen LogP contribution < -0.4 is 5.11 Å². The summed E-state index contributed by atoms with van der Waals surface area (Å²) in [4.78, 5) is 13.4. The Morgan fingerprint density at radius 2 is 1.41 bits per heavy atom. The van der Waals surface area contributed by atoms with Gasteiger partial charge in [0.2, 0.25) is 0 Å². The summed E-state index contributed by atoms with van der Waals surface area (Å²) < 4.78 is 12.5. The van der Waals surface area contributed by atoms with E-state index in [4.69, 9.17) is 9.15 Å². The number of hydrogen-bond donors (Lipinski definition) is 0. The molecule has 0 saturated carbocycles. The van der Waals surface area contributed by atoms with E-state index in [9.17, 15) is 9.90 Å². The Bertz CT molecular complexity index is 1440. The molecule has 2 aliphatic rings. The molecule has 0 spiro atoms. The molecule has 4 nitrogen and oxygen atoms in total. The minimum Gasteiger partial charge on any atom is -0.871 e. The second-order valence-corrected chi connectivity index (χ2v) is 13.5. The smallest absolute Gasteiger partial charge is 0.360 e. The van der Waals surface area contributed by atoms with Crippen molar-refractivity contribution in [2.45, 2.75) is 74.7 Å². The lowest BCUT2D eigenvalue weighted by Gasteiger charge is -2.35. The van der Waals surface area contributed by atoms with Crippen LogP contribution >= 0.6 is 0 Å². The zero-order chi connectivity index (χ0) is 28.9. The van der Waals surface area contributed by atoms with Gasteiger partial charge in [0.25, 0.3) is 0 Å². The molecule has 0 radical (unpaired) electrons. The van der Waals surface area contributed by atoms with Gasteiger partial charge >= 0.3 is 11.5 Å². The summed E-state index contributed by atoms with van der Waals surface area (Å²) in [6.45, 7) is 20.6. The predicted octanol–water partition coefficient (Wildman–Crippen LogP) is 8.31. The van der Waals surface area contributed by atoms with Crippen molar-refractivity contribution in [2.24, 2.45) is 10.8 Å². The van der Waals surface area contributed by atoms with Gasteiger partial charge in [-0.2, -0.15) is 0 Å². The lowest BCUT2D eigenvalue weighted by Crippen LogP contribution is -2.31. The van der Waals surface area contributed by atoms with E-state index in [-0.39, 0.29) is 38.9 Å². The summed E-state index contributed by atoms with van der Waals surface area (Å²) in [5.41, 5.74) is 2.96. The summed E-state index contributed by atoms with van der Waals surface area (Å²) in [5, 5.41) is 13.4. The fourth-order valence-electron chi connectivity index (χ4n) is 4.37. The molecule has 2 aromatic rings. The number of rotatable bonds is 3. The number of benzene rings is 1. The average Bonchev–Trinajstić information content (AvgIpc) is 2.86. The summed E-state index contributed by atoms with van der Waals surface area (Å²) in [7, 11) is 0. The van der Waals surface area contributed by atoms with E-state index in [0.29, 0.717) is 11.3 Å². The maximum Gasteiger partial charge on any atom is 0.360 e. The summed E-state index contributed by atoms with van der Waals surface area (Å²) >= 11 is 0. The van der Waals surface area contributed by atoms with E-state index in [2.05, 4.69) is 62.3 Å². The number of hydrogen-bond acceptors (Lipinski definition) is 3. The molecular weight excluding hydrogens is 484 g/mol. The van der Waals surface area contributed by atoms with Gasteiger partial charge in [-0.15, -0.1) is 0 Å². The summed E-state index contributed by atoms with van der Waals surface area (Å²) in [6, 6.07) is 13.6. The predicted molar refractivity (Wildman–Crippen MR) is 156 cm³/mol. The van der Waals surface area contributed by atoms with Gasteiger partial charge in [0, 0.05) is 28.0 Å². The van der Waals surface area contributed by atoms with Crippen LogP contribution in [0.4, 0.5) is 0 Å². The van der Waals surface area contributed by atoms with Crippen LogP contribution in [-0.2, 0) is 14.9 Å². The van der Waals surface area contributed by atoms with E-state index in [1.54, 1.807) is 6.08 Å². The summed E-state index contributed by atoms with van der Waals surface area (Å²) in [6.07, 6.45) is 5.61. The molecule has 1 aromatic heterocycles. The Balaban J connectivity index is 1.81. The first-order valence-electron chi connectivity index (χ1n) is 13.5. The molecule has 204 valence electrons. The molecule has 0 amide bonds. The number of carbonyl (C=O) groups excluding carboxylic acids is 1. The standard InChI is InChI=1S/C35H40O4/c1-21(24-19-28(34(5,6)7)39-29(20-24)35(8,9)10)30-31(36)25(32(30)37)16-22-17-26(23-14-12-11-13-15-23)38-27(18-22)33(2,3)4/h11-20H,1-10H3. The van der Waals surface area contributed by atoms with Crippen LogP contribution in [0.1, 0.15) is 80.6 Å². The number of allylic oxidation sites excluding steroid dienone is 8. The van der Waals surface area contributed by atoms with Crippen molar-refractivity contribution >= 4 is 11.9 Å². The normalized spacial score (nSPS) is 17.5. The molecule has 0 N–H and O–H groups in total. The first-order valence-corrected chi connectivity index (χ1v) is 13.5. The molecule has 1 aliphatic carbocycles. The SMILES string of the molecule is CC(=C1C=C(C(C)(C)C)OC(C(C)(C)C)=C1)C1=C([O-])C(=Cc2cc(-c3ccccc3)[o+]c(C(C)(C)C)c2)C1=O. The first kappa shape index (κ1) is 28.4. The third-order valence-electron chi connectivity index (χ3n) is 6.95. The lowest BCUT2D eigenvalue weighted by molar-refractivity contribution is -0.300. The van der Waals surface area contributed by atoms with Crippen molar-refractivity contribution in [3.63, 3.8) is 0 Å². The average molecular weight is 525 g/mol. The molecule has 2 heterocycles. The van der Waals surface area contributed by atoms with Gasteiger partial charge < -0.3 is 9.84 Å². The molecule has 0 saturated heterocycles. The number of ether oxygens (including phenoxy) is 1. The molecule has 1 aliphatic heterocycles.